The number of hydrogen-bond acceptors (Lipinski definition) is 5. The van der Waals surface area contributed by atoms with Gasteiger partial charge in [-0.15, -0.1) is 0 Å². The molecule has 0 fully saturated rings. The molecule has 0 spiro atoms. The summed E-state index contributed by atoms with van der Waals surface area (Å²) in [6.07, 6.45) is 1.66. The smallest absolute Gasteiger partial charge is 0.309 e. The molecule has 0 aliphatic rings. The van der Waals surface area contributed by atoms with Gasteiger partial charge in [0.25, 0.3) is 0 Å². The molecule has 8 nitrogen and oxygen atoms in total. The number of ketones is 2. The number of aromatic nitrogens is 3. The number of carbonyl (C=O) groups is 3. The minimum absolute atomic E-state index is 0.0285. The molecular weight excluding hydrogens is 530 g/mol. The first-order valence-electron chi connectivity index (χ1n) is 13.0. The van der Waals surface area contributed by atoms with Crippen LogP contribution >= 0.6 is 11.6 Å². The highest BCUT2D eigenvalue weighted by molar-refractivity contribution is 6.30. The zero-order valence-corrected chi connectivity index (χ0v) is 24.6. The average Bonchev–Trinajstić information content (AvgIpc) is 3.36. The molecule has 0 amide bonds. The van der Waals surface area contributed by atoms with E-state index in [0.717, 1.165) is 11.4 Å². The number of aryl methyl sites for hydroxylation is 2. The van der Waals surface area contributed by atoms with Gasteiger partial charge in [-0.2, -0.15) is 5.10 Å². The van der Waals surface area contributed by atoms with Crippen LogP contribution in [0.25, 0.3) is 5.52 Å². The molecule has 210 valence electrons. The number of pyridine rings is 1. The van der Waals surface area contributed by atoms with E-state index in [2.05, 4.69) is 5.10 Å². The topological polar surface area (TPSA) is 103 Å². The number of halogens is 1. The van der Waals surface area contributed by atoms with E-state index in [4.69, 9.17) is 16.3 Å². The summed E-state index contributed by atoms with van der Waals surface area (Å²) >= 11 is 6.06. The summed E-state index contributed by atoms with van der Waals surface area (Å²) < 4.78 is 9.47. The zero-order chi connectivity index (χ0) is 29.6. The van der Waals surface area contributed by atoms with Crippen LogP contribution in [0.15, 0.2) is 48.7 Å². The summed E-state index contributed by atoms with van der Waals surface area (Å²) in [5, 5.41) is 14.9. The summed E-state index contributed by atoms with van der Waals surface area (Å²) in [7, 11) is 1.86. The van der Waals surface area contributed by atoms with Crippen LogP contribution in [-0.2, 0) is 24.9 Å². The van der Waals surface area contributed by atoms with Crippen LogP contribution in [0.1, 0.15) is 78.0 Å². The molecule has 0 bridgehead atoms. The van der Waals surface area contributed by atoms with Gasteiger partial charge in [0.1, 0.15) is 18.1 Å². The van der Waals surface area contributed by atoms with Crippen molar-refractivity contribution in [2.45, 2.75) is 54.6 Å². The van der Waals surface area contributed by atoms with Crippen LogP contribution in [-0.4, -0.2) is 36.8 Å². The van der Waals surface area contributed by atoms with Gasteiger partial charge in [-0.25, -0.2) is 0 Å². The van der Waals surface area contributed by atoms with E-state index < -0.39 is 16.8 Å². The molecule has 1 aromatic carbocycles. The fourth-order valence-electron chi connectivity index (χ4n) is 4.54. The summed E-state index contributed by atoms with van der Waals surface area (Å²) in [6.45, 7) is 10.7. The number of Topliss-reactive ketones (excluding diaryl/α,β-unsaturated/α-hetero) is 1. The maximum absolute atomic E-state index is 14.0. The van der Waals surface area contributed by atoms with Crippen LogP contribution in [0.2, 0.25) is 5.02 Å². The van der Waals surface area contributed by atoms with Gasteiger partial charge >= 0.3 is 5.97 Å². The first kappa shape index (κ1) is 29.1. The summed E-state index contributed by atoms with van der Waals surface area (Å²) in [5.74, 6) is -1.08. The Labute approximate surface area is 238 Å². The van der Waals surface area contributed by atoms with E-state index in [1.165, 1.54) is 0 Å². The number of carbonyl (C=O) groups excluding carboxylic acids is 2. The number of hydrogen-bond donors (Lipinski definition) is 1. The standard InChI is InChI=1S/C31H34ClN3O5/c1-18-14-21(33-34(18)7)17-40-22-12-13-35-24(15-22)25(28(37)30(2,3)4)23(16-31(5,6)29(38)39)26(35)27(36)19-8-10-20(32)11-9-19/h8-15H,16-17H2,1-7H3,(H,38,39). The van der Waals surface area contributed by atoms with Gasteiger partial charge in [-0.05, 0) is 69.2 Å². The van der Waals surface area contributed by atoms with E-state index in [-0.39, 0.29) is 30.3 Å². The molecule has 1 N–H and O–H groups in total. The first-order valence-corrected chi connectivity index (χ1v) is 13.4. The molecule has 0 aliphatic heterocycles. The minimum atomic E-state index is -1.25. The van der Waals surface area contributed by atoms with Crippen molar-refractivity contribution < 1.29 is 24.2 Å². The van der Waals surface area contributed by atoms with Gasteiger partial charge in [-0.1, -0.05) is 32.4 Å². The van der Waals surface area contributed by atoms with Gasteiger partial charge in [-0.3, -0.25) is 19.1 Å². The lowest BCUT2D eigenvalue weighted by Gasteiger charge is -2.22. The van der Waals surface area contributed by atoms with Crippen molar-refractivity contribution in [3.63, 3.8) is 0 Å². The third kappa shape index (κ3) is 5.68. The lowest BCUT2D eigenvalue weighted by molar-refractivity contribution is -0.146. The summed E-state index contributed by atoms with van der Waals surface area (Å²) in [6, 6.07) is 11.9. The Bertz CT molecular complexity index is 1600. The van der Waals surface area contributed by atoms with E-state index in [0.29, 0.717) is 33.0 Å². The second-order valence-electron chi connectivity index (χ2n) is 11.8. The Hall–Kier alpha value is -3.91. The normalized spacial score (nSPS) is 12.1. The lowest BCUT2D eigenvalue weighted by atomic mass is 9.79. The number of fused-ring (bicyclic) bond motifs is 1. The highest BCUT2D eigenvalue weighted by Gasteiger charge is 2.37. The molecule has 0 atom stereocenters. The third-order valence-electron chi connectivity index (χ3n) is 6.99. The molecule has 0 aliphatic carbocycles. The molecular formula is C31H34ClN3O5. The van der Waals surface area contributed by atoms with E-state index in [1.807, 2.05) is 20.0 Å². The molecule has 40 heavy (non-hydrogen) atoms. The molecule has 3 heterocycles. The van der Waals surface area contributed by atoms with Crippen molar-refractivity contribution in [3.05, 3.63) is 87.5 Å². The summed E-state index contributed by atoms with van der Waals surface area (Å²) in [5.41, 5.74) is 1.50. The number of rotatable bonds is 9. The number of benzene rings is 1. The maximum atomic E-state index is 14.0. The van der Waals surface area contributed by atoms with Gasteiger partial charge < -0.3 is 14.2 Å². The Morgan fingerprint density at radius 1 is 1.02 bits per heavy atom. The Balaban J connectivity index is 1.95. The second kappa shape index (κ2) is 10.6. The largest absolute Gasteiger partial charge is 0.487 e. The molecule has 0 saturated carbocycles. The maximum Gasteiger partial charge on any atom is 0.309 e. The number of carboxylic acids is 1. The van der Waals surface area contributed by atoms with Crippen LogP contribution in [0.3, 0.4) is 0 Å². The van der Waals surface area contributed by atoms with Gasteiger partial charge in [0.15, 0.2) is 5.78 Å². The van der Waals surface area contributed by atoms with Gasteiger partial charge in [0.05, 0.1) is 16.6 Å². The third-order valence-corrected chi connectivity index (χ3v) is 7.24. The highest BCUT2D eigenvalue weighted by Crippen LogP contribution is 2.37. The van der Waals surface area contributed by atoms with Gasteiger partial charge in [0.2, 0.25) is 5.78 Å². The number of ether oxygens (including phenoxy) is 1. The van der Waals surface area contributed by atoms with Crippen LogP contribution in [0.4, 0.5) is 0 Å². The van der Waals surface area contributed by atoms with E-state index in [1.54, 1.807) is 86.3 Å². The van der Waals surface area contributed by atoms with E-state index in [9.17, 15) is 19.5 Å². The Kier molecular flexibility index (Phi) is 7.69. The molecule has 0 unspecified atom stereocenters. The molecule has 0 radical (unpaired) electrons. The van der Waals surface area contributed by atoms with Crippen molar-refractivity contribution in [2.75, 3.05) is 0 Å². The lowest BCUT2D eigenvalue weighted by Crippen LogP contribution is -2.29. The van der Waals surface area contributed by atoms with Crippen molar-refractivity contribution >= 4 is 34.7 Å². The number of nitrogens with zero attached hydrogens (tertiary/aromatic N) is 3. The fourth-order valence-corrected chi connectivity index (χ4v) is 4.67. The quantitative estimate of drug-likeness (QED) is 0.239. The van der Waals surface area contributed by atoms with Crippen molar-refractivity contribution in [2.24, 2.45) is 17.9 Å². The van der Waals surface area contributed by atoms with Crippen molar-refractivity contribution in [1.82, 2.24) is 14.2 Å². The number of aliphatic carboxylic acids is 1. The SMILES string of the molecule is Cc1cc(COc2ccn3c(C(=O)c4ccc(Cl)cc4)c(CC(C)(C)C(=O)O)c(C(=O)C(C)(C)C)c3c2)nn1C. The monoisotopic (exact) mass is 563 g/mol. The Morgan fingerprint density at radius 2 is 1.68 bits per heavy atom. The van der Waals surface area contributed by atoms with Crippen LogP contribution in [0, 0.1) is 17.8 Å². The van der Waals surface area contributed by atoms with Crippen LogP contribution < -0.4 is 4.74 Å². The van der Waals surface area contributed by atoms with Gasteiger partial charge in [0, 0.05) is 46.6 Å². The summed E-state index contributed by atoms with van der Waals surface area (Å²) in [4.78, 5) is 40.1. The second-order valence-corrected chi connectivity index (χ2v) is 12.2. The predicted octanol–water partition coefficient (Wildman–Crippen LogP) is 6.33. The molecule has 4 rings (SSSR count). The highest BCUT2D eigenvalue weighted by atomic mass is 35.5. The molecule has 3 aromatic heterocycles. The minimum Gasteiger partial charge on any atom is -0.487 e. The van der Waals surface area contributed by atoms with E-state index >= 15 is 0 Å². The fraction of sp³-hybridized carbons (Fsp3) is 0.355. The average molecular weight is 564 g/mol. The first-order chi connectivity index (χ1) is 18.6. The Morgan fingerprint density at radius 3 is 2.23 bits per heavy atom. The molecule has 0 saturated heterocycles. The van der Waals surface area contributed by atoms with Crippen molar-refractivity contribution in [1.29, 1.82) is 0 Å². The molecule has 4 aromatic rings. The number of carboxylic acid groups (broad SMARTS) is 1. The molecule has 9 heteroatoms. The zero-order valence-electron chi connectivity index (χ0n) is 23.8. The van der Waals surface area contributed by atoms with Crippen LogP contribution in [0.5, 0.6) is 5.75 Å². The predicted molar refractivity (Wildman–Crippen MR) is 153 cm³/mol. The van der Waals surface area contributed by atoms with Crippen molar-refractivity contribution in [3.8, 4) is 5.75 Å².